The molecule has 16 heavy (non-hydrogen) atoms. The van der Waals surface area contributed by atoms with Gasteiger partial charge in [0.25, 0.3) is 0 Å². The van der Waals surface area contributed by atoms with E-state index in [4.69, 9.17) is 4.74 Å². The van der Waals surface area contributed by atoms with E-state index in [-0.39, 0.29) is 0 Å². The lowest BCUT2D eigenvalue weighted by atomic mass is 10.3. The average Bonchev–Trinajstić information content (AvgIpc) is 2.32. The van der Waals surface area contributed by atoms with Crippen molar-refractivity contribution in [3.05, 3.63) is 18.3 Å². The summed E-state index contributed by atoms with van der Waals surface area (Å²) < 4.78 is 5.58. The van der Waals surface area contributed by atoms with Crippen LogP contribution >= 0.6 is 15.9 Å². The van der Waals surface area contributed by atoms with Crippen LogP contribution in [0.4, 0.5) is 5.82 Å². The van der Waals surface area contributed by atoms with Crippen molar-refractivity contribution in [2.24, 2.45) is 0 Å². The van der Waals surface area contributed by atoms with E-state index in [9.17, 15) is 0 Å². The molecule has 0 atom stereocenters. The number of aromatic nitrogens is 1. The maximum Gasteiger partial charge on any atom is 0.171 e. The number of halogens is 1. The van der Waals surface area contributed by atoms with Gasteiger partial charge in [0.05, 0.1) is 6.61 Å². The van der Waals surface area contributed by atoms with Crippen molar-refractivity contribution in [1.29, 1.82) is 0 Å². The first-order valence-electron chi connectivity index (χ1n) is 5.72. The third-order valence-corrected chi connectivity index (χ3v) is 2.85. The number of hydrogen-bond donors (Lipinski definition) is 0. The summed E-state index contributed by atoms with van der Waals surface area (Å²) in [4.78, 5) is 6.65. The average molecular weight is 287 g/mol. The minimum atomic E-state index is 0.675. The van der Waals surface area contributed by atoms with Crippen molar-refractivity contribution in [3.63, 3.8) is 0 Å². The molecule has 1 aromatic rings. The third kappa shape index (κ3) is 3.67. The highest BCUT2D eigenvalue weighted by Crippen LogP contribution is 2.25. The van der Waals surface area contributed by atoms with Crippen LogP contribution in [0.25, 0.3) is 0 Å². The van der Waals surface area contributed by atoms with E-state index < -0.39 is 0 Å². The van der Waals surface area contributed by atoms with Gasteiger partial charge in [-0.3, -0.25) is 0 Å². The Morgan fingerprint density at radius 2 is 2.25 bits per heavy atom. The van der Waals surface area contributed by atoms with Gasteiger partial charge in [-0.25, -0.2) is 4.98 Å². The first-order valence-corrected chi connectivity index (χ1v) is 6.84. The van der Waals surface area contributed by atoms with Gasteiger partial charge in [-0.05, 0) is 32.4 Å². The van der Waals surface area contributed by atoms with Gasteiger partial charge in [-0.1, -0.05) is 15.9 Å². The Balaban J connectivity index is 2.81. The fraction of sp³-hybridized carbons (Fsp3) is 0.583. The molecule has 0 saturated carbocycles. The summed E-state index contributed by atoms with van der Waals surface area (Å²) in [6, 6.07) is 3.88. The number of hydrogen-bond acceptors (Lipinski definition) is 3. The van der Waals surface area contributed by atoms with Crippen LogP contribution in [0, 0.1) is 0 Å². The number of rotatable bonds is 7. The summed E-state index contributed by atoms with van der Waals surface area (Å²) in [5.41, 5.74) is 0. The number of pyridine rings is 1. The summed E-state index contributed by atoms with van der Waals surface area (Å²) in [5, 5.41) is 1.01. The first kappa shape index (κ1) is 13.3. The Hall–Kier alpha value is -0.770. The lowest BCUT2D eigenvalue weighted by Crippen LogP contribution is -2.25. The second-order valence-corrected chi connectivity index (χ2v) is 4.17. The highest BCUT2D eigenvalue weighted by molar-refractivity contribution is 9.09. The van der Waals surface area contributed by atoms with Gasteiger partial charge in [-0.15, -0.1) is 0 Å². The predicted octanol–water partition coefficient (Wildman–Crippen LogP) is 3.09. The summed E-state index contributed by atoms with van der Waals surface area (Å²) >= 11 is 3.45. The van der Waals surface area contributed by atoms with E-state index in [2.05, 4.69) is 32.7 Å². The van der Waals surface area contributed by atoms with E-state index in [0.717, 1.165) is 36.4 Å². The van der Waals surface area contributed by atoms with Crippen molar-refractivity contribution in [2.75, 3.05) is 29.9 Å². The lowest BCUT2D eigenvalue weighted by Gasteiger charge is -2.23. The van der Waals surface area contributed by atoms with Gasteiger partial charge in [0.1, 0.15) is 0 Å². The van der Waals surface area contributed by atoms with Crippen LogP contribution < -0.4 is 9.64 Å². The molecule has 0 unspecified atom stereocenters. The Morgan fingerprint density at radius 3 is 2.88 bits per heavy atom. The minimum Gasteiger partial charge on any atom is -0.490 e. The Morgan fingerprint density at radius 1 is 1.44 bits per heavy atom. The van der Waals surface area contributed by atoms with Crippen molar-refractivity contribution >= 4 is 21.7 Å². The zero-order chi connectivity index (χ0) is 11.8. The molecule has 0 aliphatic heterocycles. The summed E-state index contributed by atoms with van der Waals surface area (Å²) in [7, 11) is 0. The van der Waals surface area contributed by atoms with E-state index >= 15 is 0 Å². The maximum atomic E-state index is 5.58. The Bertz CT molecular complexity index is 307. The monoisotopic (exact) mass is 286 g/mol. The smallest absolute Gasteiger partial charge is 0.171 e. The molecule has 0 amide bonds. The van der Waals surface area contributed by atoms with Crippen LogP contribution in [0.3, 0.4) is 0 Å². The normalized spacial score (nSPS) is 10.2. The van der Waals surface area contributed by atoms with Gasteiger partial charge in [-0.2, -0.15) is 0 Å². The Kier molecular flexibility index (Phi) is 6.23. The van der Waals surface area contributed by atoms with E-state index in [1.165, 1.54) is 0 Å². The highest BCUT2D eigenvalue weighted by Gasteiger charge is 2.10. The van der Waals surface area contributed by atoms with Crippen molar-refractivity contribution in [2.45, 2.75) is 20.3 Å². The second kappa shape index (κ2) is 7.49. The summed E-state index contributed by atoms with van der Waals surface area (Å²) in [6.45, 7) is 6.75. The van der Waals surface area contributed by atoms with Crippen LogP contribution in [0.15, 0.2) is 18.3 Å². The van der Waals surface area contributed by atoms with E-state index in [1.807, 2.05) is 25.3 Å². The molecule has 0 aromatic carbocycles. The number of ether oxygens (including phenoxy) is 1. The predicted molar refractivity (Wildman–Crippen MR) is 71.7 cm³/mol. The molecule has 0 spiro atoms. The molecule has 0 fully saturated rings. The molecule has 0 aliphatic carbocycles. The summed E-state index contributed by atoms with van der Waals surface area (Å²) in [6.07, 6.45) is 2.92. The van der Waals surface area contributed by atoms with Crippen LogP contribution in [-0.2, 0) is 0 Å². The molecule has 1 heterocycles. The zero-order valence-electron chi connectivity index (χ0n) is 9.95. The number of alkyl halides is 1. The molecular formula is C12H19BrN2O. The van der Waals surface area contributed by atoms with Gasteiger partial charge in [0.2, 0.25) is 0 Å². The van der Waals surface area contributed by atoms with Crippen LogP contribution in [0.1, 0.15) is 20.3 Å². The third-order valence-electron chi connectivity index (χ3n) is 2.29. The van der Waals surface area contributed by atoms with Crippen molar-refractivity contribution in [1.82, 2.24) is 4.98 Å². The molecule has 3 nitrogen and oxygen atoms in total. The zero-order valence-corrected chi connectivity index (χ0v) is 11.5. The SMILES string of the molecule is CCOc1cccnc1N(CC)CCCBr. The summed E-state index contributed by atoms with van der Waals surface area (Å²) in [5.74, 6) is 1.83. The molecule has 0 aliphatic rings. The van der Waals surface area contributed by atoms with Crippen LogP contribution in [-0.4, -0.2) is 30.0 Å². The van der Waals surface area contributed by atoms with E-state index in [1.54, 1.807) is 0 Å². The molecular weight excluding hydrogens is 268 g/mol. The molecule has 90 valence electrons. The van der Waals surface area contributed by atoms with E-state index in [0.29, 0.717) is 6.61 Å². The molecule has 4 heteroatoms. The first-order chi connectivity index (χ1) is 7.83. The van der Waals surface area contributed by atoms with Gasteiger partial charge in [0, 0.05) is 24.6 Å². The number of nitrogens with zero attached hydrogens (tertiary/aromatic N) is 2. The highest BCUT2D eigenvalue weighted by atomic mass is 79.9. The molecule has 0 bridgehead atoms. The van der Waals surface area contributed by atoms with Gasteiger partial charge < -0.3 is 9.64 Å². The lowest BCUT2D eigenvalue weighted by molar-refractivity contribution is 0.339. The van der Waals surface area contributed by atoms with Crippen LogP contribution in [0.5, 0.6) is 5.75 Å². The fourth-order valence-corrected chi connectivity index (χ4v) is 1.80. The quantitative estimate of drug-likeness (QED) is 0.721. The molecule has 1 aromatic heterocycles. The minimum absolute atomic E-state index is 0.675. The standard InChI is InChI=1S/C12H19BrN2O/c1-3-15(10-6-8-13)12-11(16-4-2)7-5-9-14-12/h5,7,9H,3-4,6,8,10H2,1-2H3. The fourth-order valence-electron chi connectivity index (χ4n) is 1.55. The topological polar surface area (TPSA) is 25.4 Å². The number of anilines is 1. The Labute approximate surface area is 106 Å². The maximum absolute atomic E-state index is 5.58. The largest absolute Gasteiger partial charge is 0.490 e. The van der Waals surface area contributed by atoms with Crippen molar-refractivity contribution < 1.29 is 4.74 Å². The second-order valence-electron chi connectivity index (χ2n) is 3.38. The van der Waals surface area contributed by atoms with Crippen LogP contribution in [0.2, 0.25) is 0 Å². The molecule has 0 radical (unpaired) electrons. The van der Waals surface area contributed by atoms with Gasteiger partial charge in [0.15, 0.2) is 11.6 Å². The molecule has 0 saturated heterocycles. The molecule has 1 rings (SSSR count). The molecule has 0 N–H and O–H groups in total. The van der Waals surface area contributed by atoms with Gasteiger partial charge >= 0.3 is 0 Å². The van der Waals surface area contributed by atoms with Crippen molar-refractivity contribution in [3.8, 4) is 5.75 Å².